The maximum absolute atomic E-state index is 12.2. The summed E-state index contributed by atoms with van der Waals surface area (Å²) >= 11 is 0. The van der Waals surface area contributed by atoms with E-state index in [2.05, 4.69) is 11.0 Å². The summed E-state index contributed by atoms with van der Waals surface area (Å²) in [5.41, 5.74) is 2.19. The molecule has 0 aromatic heterocycles. The van der Waals surface area contributed by atoms with Crippen LogP contribution in [0.5, 0.6) is 0 Å². The average Bonchev–Trinajstić information content (AvgIpc) is 2.73. The number of amides is 1. The number of anilines is 2. The smallest absolute Gasteiger partial charge is 0.227 e. The summed E-state index contributed by atoms with van der Waals surface area (Å²) in [5, 5.41) is 9.31. The summed E-state index contributed by atoms with van der Waals surface area (Å²) in [6.07, 6.45) is 5.51. The number of para-hydroxylation sites is 2. The number of rotatable bonds is 3. The third-order valence-electron chi connectivity index (χ3n) is 4.58. The Bertz CT molecular complexity index is 495. The zero-order valence-corrected chi connectivity index (χ0v) is 12.5. The summed E-state index contributed by atoms with van der Waals surface area (Å²) in [6, 6.07) is 8.21. The molecule has 0 spiro atoms. The summed E-state index contributed by atoms with van der Waals surface area (Å²) in [7, 11) is 0. The van der Waals surface area contributed by atoms with E-state index in [0.29, 0.717) is 13.0 Å². The van der Waals surface area contributed by atoms with E-state index in [4.69, 9.17) is 0 Å². The minimum absolute atomic E-state index is 0.0784. The molecule has 2 aliphatic rings. The lowest BCUT2D eigenvalue weighted by molar-refractivity contribution is -0.117. The van der Waals surface area contributed by atoms with E-state index in [1.807, 2.05) is 23.1 Å². The molecule has 4 nitrogen and oxygen atoms in total. The standard InChI is InChI=1S/C17H24N2O2/c20-13-14-11-17(21)19(12-14)16-8-4-3-7-15(16)18-9-5-1-2-6-10-18/h3-4,7-8,14,20H,1-2,5-6,9-13H2. The van der Waals surface area contributed by atoms with Crippen molar-refractivity contribution >= 4 is 17.3 Å². The Balaban J connectivity index is 1.87. The van der Waals surface area contributed by atoms with Crippen LogP contribution in [0.15, 0.2) is 24.3 Å². The third-order valence-corrected chi connectivity index (χ3v) is 4.58. The lowest BCUT2D eigenvalue weighted by atomic mass is 10.1. The van der Waals surface area contributed by atoms with Crippen molar-refractivity contribution in [2.24, 2.45) is 5.92 Å². The van der Waals surface area contributed by atoms with Crippen molar-refractivity contribution in [2.45, 2.75) is 32.1 Å². The molecule has 3 rings (SSSR count). The van der Waals surface area contributed by atoms with E-state index in [1.54, 1.807) is 0 Å². The molecule has 2 saturated heterocycles. The maximum atomic E-state index is 12.2. The Hall–Kier alpha value is -1.55. The van der Waals surface area contributed by atoms with E-state index in [0.717, 1.165) is 18.8 Å². The average molecular weight is 288 g/mol. The fourth-order valence-corrected chi connectivity index (χ4v) is 3.41. The lowest BCUT2D eigenvalue weighted by Gasteiger charge is -2.29. The summed E-state index contributed by atoms with van der Waals surface area (Å²) in [6.45, 7) is 2.87. The van der Waals surface area contributed by atoms with Gasteiger partial charge in [0, 0.05) is 38.6 Å². The molecule has 1 unspecified atom stereocenters. The molecular formula is C17H24N2O2. The minimum Gasteiger partial charge on any atom is -0.396 e. The molecule has 0 bridgehead atoms. The van der Waals surface area contributed by atoms with Crippen LogP contribution in [-0.4, -0.2) is 37.3 Å². The predicted octanol–water partition coefficient (Wildman–Crippen LogP) is 2.41. The largest absolute Gasteiger partial charge is 0.396 e. The molecule has 2 fully saturated rings. The van der Waals surface area contributed by atoms with Gasteiger partial charge in [0.1, 0.15) is 0 Å². The van der Waals surface area contributed by atoms with Crippen LogP contribution in [0.3, 0.4) is 0 Å². The number of carbonyl (C=O) groups excluding carboxylic acids is 1. The van der Waals surface area contributed by atoms with Crippen LogP contribution in [0.1, 0.15) is 32.1 Å². The molecule has 1 amide bonds. The topological polar surface area (TPSA) is 43.8 Å². The van der Waals surface area contributed by atoms with Gasteiger partial charge in [-0.25, -0.2) is 0 Å². The van der Waals surface area contributed by atoms with Gasteiger partial charge < -0.3 is 14.9 Å². The maximum Gasteiger partial charge on any atom is 0.227 e. The van der Waals surface area contributed by atoms with Gasteiger partial charge in [-0.3, -0.25) is 4.79 Å². The Morgan fingerprint density at radius 2 is 1.71 bits per heavy atom. The van der Waals surface area contributed by atoms with Crippen molar-refractivity contribution in [2.75, 3.05) is 36.0 Å². The molecule has 21 heavy (non-hydrogen) atoms. The first-order valence-electron chi connectivity index (χ1n) is 8.05. The number of hydrogen-bond acceptors (Lipinski definition) is 3. The SMILES string of the molecule is O=C1CC(CO)CN1c1ccccc1N1CCCCCC1. The van der Waals surface area contributed by atoms with Crippen molar-refractivity contribution in [1.29, 1.82) is 0 Å². The van der Waals surface area contributed by atoms with Crippen LogP contribution in [0.25, 0.3) is 0 Å². The fraction of sp³-hybridized carbons (Fsp3) is 0.588. The molecule has 2 heterocycles. The number of aliphatic hydroxyl groups excluding tert-OH is 1. The van der Waals surface area contributed by atoms with Crippen LogP contribution >= 0.6 is 0 Å². The Morgan fingerprint density at radius 3 is 2.33 bits per heavy atom. The van der Waals surface area contributed by atoms with Crippen molar-refractivity contribution < 1.29 is 9.90 Å². The summed E-state index contributed by atoms with van der Waals surface area (Å²) in [4.78, 5) is 16.5. The quantitative estimate of drug-likeness (QED) is 0.929. The molecule has 114 valence electrons. The molecule has 2 aliphatic heterocycles. The van der Waals surface area contributed by atoms with Gasteiger partial charge >= 0.3 is 0 Å². The number of carbonyl (C=O) groups is 1. The Labute approximate surface area is 126 Å². The zero-order valence-electron chi connectivity index (χ0n) is 12.5. The van der Waals surface area contributed by atoms with E-state index < -0.39 is 0 Å². The van der Waals surface area contributed by atoms with Gasteiger partial charge in [-0.1, -0.05) is 25.0 Å². The highest BCUT2D eigenvalue weighted by atomic mass is 16.3. The van der Waals surface area contributed by atoms with Gasteiger partial charge in [-0.05, 0) is 25.0 Å². The highest BCUT2D eigenvalue weighted by Crippen LogP contribution is 2.34. The van der Waals surface area contributed by atoms with Gasteiger partial charge in [0.05, 0.1) is 11.4 Å². The molecule has 0 radical (unpaired) electrons. The third kappa shape index (κ3) is 3.05. The molecule has 1 aromatic carbocycles. The minimum atomic E-state index is 0.0784. The van der Waals surface area contributed by atoms with Crippen molar-refractivity contribution in [3.63, 3.8) is 0 Å². The number of nitrogens with zero attached hydrogens (tertiary/aromatic N) is 2. The van der Waals surface area contributed by atoms with E-state index >= 15 is 0 Å². The number of aliphatic hydroxyl groups is 1. The van der Waals surface area contributed by atoms with Crippen molar-refractivity contribution in [3.8, 4) is 0 Å². The predicted molar refractivity (Wildman–Crippen MR) is 84.7 cm³/mol. The fourth-order valence-electron chi connectivity index (χ4n) is 3.41. The van der Waals surface area contributed by atoms with Crippen LogP contribution < -0.4 is 9.80 Å². The molecular weight excluding hydrogens is 264 g/mol. The zero-order chi connectivity index (χ0) is 14.7. The highest BCUT2D eigenvalue weighted by molar-refractivity contribution is 5.98. The molecule has 4 heteroatoms. The number of hydrogen-bond donors (Lipinski definition) is 1. The number of benzene rings is 1. The first kappa shape index (κ1) is 14.4. The second-order valence-electron chi connectivity index (χ2n) is 6.15. The molecule has 1 atom stereocenters. The summed E-state index contributed by atoms with van der Waals surface area (Å²) in [5.74, 6) is 0.214. The van der Waals surface area contributed by atoms with Gasteiger partial charge in [-0.2, -0.15) is 0 Å². The van der Waals surface area contributed by atoms with E-state index in [1.165, 1.54) is 31.4 Å². The molecule has 1 aromatic rings. The van der Waals surface area contributed by atoms with Crippen LogP contribution in [0, 0.1) is 5.92 Å². The highest BCUT2D eigenvalue weighted by Gasteiger charge is 2.32. The molecule has 0 aliphatic carbocycles. The Kier molecular flexibility index (Phi) is 4.44. The second kappa shape index (κ2) is 6.48. The monoisotopic (exact) mass is 288 g/mol. The second-order valence-corrected chi connectivity index (χ2v) is 6.15. The van der Waals surface area contributed by atoms with E-state index in [-0.39, 0.29) is 18.4 Å². The first-order chi connectivity index (χ1) is 10.3. The normalized spacial score (nSPS) is 23.5. The Morgan fingerprint density at radius 1 is 1.05 bits per heavy atom. The first-order valence-corrected chi connectivity index (χ1v) is 8.05. The molecule has 0 saturated carbocycles. The van der Waals surface area contributed by atoms with Gasteiger partial charge in [0.2, 0.25) is 5.91 Å². The molecule has 1 N–H and O–H groups in total. The van der Waals surface area contributed by atoms with Crippen LogP contribution in [0.4, 0.5) is 11.4 Å². The van der Waals surface area contributed by atoms with Gasteiger partial charge in [0.25, 0.3) is 0 Å². The van der Waals surface area contributed by atoms with Gasteiger partial charge in [0.15, 0.2) is 0 Å². The van der Waals surface area contributed by atoms with Crippen molar-refractivity contribution in [3.05, 3.63) is 24.3 Å². The van der Waals surface area contributed by atoms with Crippen molar-refractivity contribution in [1.82, 2.24) is 0 Å². The summed E-state index contributed by atoms with van der Waals surface area (Å²) < 4.78 is 0. The van der Waals surface area contributed by atoms with E-state index in [9.17, 15) is 9.90 Å². The lowest BCUT2D eigenvalue weighted by Crippen LogP contribution is -2.30. The van der Waals surface area contributed by atoms with Crippen LogP contribution in [-0.2, 0) is 4.79 Å². The van der Waals surface area contributed by atoms with Crippen LogP contribution in [0.2, 0.25) is 0 Å². The van der Waals surface area contributed by atoms with Gasteiger partial charge in [-0.15, -0.1) is 0 Å².